The molecule has 1 aromatic carbocycles. The molecule has 0 atom stereocenters. The van der Waals surface area contributed by atoms with E-state index in [0.717, 1.165) is 23.4 Å². The number of ether oxygens (including phenoxy) is 1. The lowest BCUT2D eigenvalue weighted by molar-refractivity contribution is 0.285. The molecule has 0 aliphatic carbocycles. The molecule has 2 rings (SSSR count). The highest BCUT2D eigenvalue weighted by Gasteiger charge is 2.14. The number of halogens is 1. The lowest BCUT2D eigenvalue weighted by atomic mass is 10.1. The molecule has 2 aromatic rings. The van der Waals surface area contributed by atoms with Crippen molar-refractivity contribution in [3.8, 4) is 11.6 Å². The first-order valence-corrected chi connectivity index (χ1v) is 7.83. The molecule has 4 nitrogen and oxygen atoms in total. The van der Waals surface area contributed by atoms with Crippen LogP contribution >= 0.6 is 11.6 Å². The number of aryl methyl sites for hydroxylation is 1. The highest BCUT2D eigenvalue weighted by Crippen LogP contribution is 2.24. The monoisotopic (exact) mass is 320 g/mol. The third-order valence-electron chi connectivity index (χ3n) is 3.18. The molecule has 118 valence electrons. The van der Waals surface area contributed by atoms with E-state index in [-0.39, 0.29) is 5.75 Å². The van der Waals surface area contributed by atoms with Crippen LogP contribution in [0.4, 0.5) is 0 Å². The molecule has 1 heterocycles. The van der Waals surface area contributed by atoms with Crippen LogP contribution in [0.15, 0.2) is 24.3 Å². The molecular weight excluding hydrogens is 300 g/mol. The summed E-state index contributed by atoms with van der Waals surface area (Å²) in [7, 11) is 0. The Kier molecular flexibility index (Phi) is 5.61. The number of aromatic hydroxyl groups is 1. The maximum Gasteiger partial charge on any atom is 0.236 e. The zero-order valence-electron chi connectivity index (χ0n) is 13.1. The fourth-order valence-corrected chi connectivity index (χ4v) is 2.40. The first-order valence-electron chi connectivity index (χ1n) is 7.45. The van der Waals surface area contributed by atoms with Gasteiger partial charge >= 0.3 is 0 Å². The van der Waals surface area contributed by atoms with E-state index >= 15 is 0 Å². The molecule has 5 heteroatoms. The van der Waals surface area contributed by atoms with Gasteiger partial charge in [-0.25, -0.2) is 9.97 Å². The second-order valence-electron chi connectivity index (χ2n) is 5.62. The van der Waals surface area contributed by atoms with Crippen molar-refractivity contribution < 1.29 is 9.84 Å². The lowest BCUT2D eigenvalue weighted by Gasteiger charge is -2.13. The Balaban J connectivity index is 2.23. The Morgan fingerprint density at radius 3 is 2.64 bits per heavy atom. The molecule has 1 N–H and O–H groups in total. The Morgan fingerprint density at radius 2 is 2.00 bits per heavy atom. The maximum atomic E-state index is 9.50. The van der Waals surface area contributed by atoms with Crippen LogP contribution in [0, 0.1) is 5.92 Å². The van der Waals surface area contributed by atoms with E-state index in [1.807, 2.05) is 13.0 Å². The van der Waals surface area contributed by atoms with Gasteiger partial charge in [0, 0.05) is 0 Å². The predicted octanol–water partition coefficient (Wildman–Crippen LogP) is 4.18. The molecule has 0 unspecified atom stereocenters. The number of nitrogens with zero attached hydrogens (tertiary/aromatic N) is 2. The Morgan fingerprint density at radius 1 is 1.23 bits per heavy atom. The van der Waals surface area contributed by atoms with Gasteiger partial charge in [0.15, 0.2) is 5.15 Å². The number of phenols is 1. The smallest absolute Gasteiger partial charge is 0.236 e. The number of hydrogen-bond donors (Lipinski definition) is 1. The molecule has 0 saturated heterocycles. The quantitative estimate of drug-likeness (QED) is 0.867. The summed E-state index contributed by atoms with van der Waals surface area (Å²) in [6.07, 6.45) is 1.46. The van der Waals surface area contributed by atoms with Gasteiger partial charge in [0.05, 0.1) is 5.69 Å². The molecule has 0 saturated carbocycles. The van der Waals surface area contributed by atoms with Crippen LogP contribution in [0.5, 0.6) is 11.6 Å². The average Bonchev–Trinajstić information content (AvgIpc) is 2.46. The topological polar surface area (TPSA) is 55.2 Å². The van der Waals surface area contributed by atoms with Crippen LogP contribution < -0.4 is 4.74 Å². The second-order valence-corrected chi connectivity index (χ2v) is 5.98. The number of hydrogen-bond acceptors (Lipinski definition) is 4. The van der Waals surface area contributed by atoms with E-state index in [9.17, 15) is 5.11 Å². The zero-order valence-corrected chi connectivity index (χ0v) is 13.9. The van der Waals surface area contributed by atoms with Gasteiger partial charge in [-0.15, -0.1) is 0 Å². The summed E-state index contributed by atoms with van der Waals surface area (Å²) < 4.78 is 5.83. The molecule has 22 heavy (non-hydrogen) atoms. The van der Waals surface area contributed by atoms with Crippen LogP contribution in [0.1, 0.15) is 37.7 Å². The molecule has 0 bridgehead atoms. The molecule has 0 fully saturated rings. The van der Waals surface area contributed by atoms with Crippen LogP contribution in [0.25, 0.3) is 0 Å². The summed E-state index contributed by atoms with van der Waals surface area (Å²) in [5, 5.41) is 9.95. The Labute approximate surface area is 136 Å². The minimum atomic E-state index is 0.222. The van der Waals surface area contributed by atoms with E-state index < -0.39 is 0 Å². The van der Waals surface area contributed by atoms with Crippen molar-refractivity contribution >= 4 is 11.6 Å². The van der Waals surface area contributed by atoms with Crippen molar-refractivity contribution in [2.45, 2.75) is 40.2 Å². The van der Waals surface area contributed by atoms with Crippen molar-refractivity contribution in [1.82, 2.24) is 9.97 Å². The highest BCUT2D eigenvalue weighted by molar-refractivity contribution is 6.30. The van der Waals surface area contributed by atoms with Gasteiger partial charge < -0.3 is 9.84 Å². The molecule has 1 aromatic heterocycles. The van der Waals surface area contributed by atoms with Crippen LogP contribution in [0.3, 0.4) is 0 Å². The van der Waals surface area contributed by atoms with E-state index in [0.29, 0.717) is 30.0 Å². The van der Waals surface area contributed by atoms with Crippen LogP contribution in [-0.4, -0.2) is 15.1 Å². The largest absolute Gasteiger partial charge is 0.508 e. The van der Waals surface area contributed by atoms with E-state index in [1.54, 1.807) is 18.2 Å². The Hall–Kier alpha value is -1.81. The van der Waals surface area contributed by atoms with Crippen molar-refractivity contribution in [1.29, 1.82) is 0 Å². The predicted molar refractivity (Wildman–Crippen MR) is 87.4 cm³/mol. The van der Waals surface area contributed by atoms with Gasteiger partial charge in [-0.1, -0.05) is 44.5 Å². The molecule has 0 spiro atoms. The van der Waals surface area contributed by atoms with Gasteiger partial charge in [0.2, 0.25) is 5.88 Å². The minimum Gasteiger partial charge on any atom is -0.508 e. The van der Waals surface area contributed by atoms with Gasteiger partial charge in [-0.05, 0) is 36.5 Å². The summed E-state index contributed by atoms with van der Waals surface area (Å²) in [6, 6.07) is 6.98. The van der Waals surface area contributed by atoms with E-state index in [2.05, 4.69) is 23.8 Å². The molecule has 0 aliphatic rings. The van der Waals surface area contributed by atoms with Gasteiger partial charge in [0.25, 0.3) is 0 Å². The molecule has 0 radical (unpaired) electrons. The number of phenolic OH excluding ortho intramolecular Hbond substituents is 1. The normalized spacial score (nSPS) is 11.0. The molecular formula is C17H21ClN2O2. The minimum absolute atomic E-state index is 0.222. The van der Waals surface area contributed by atoms with Crippen molar-refractivity contribution in [3.63, 3.8) is 0 Å². The summed E-state index contributed by atoms with van der Waals surface area (Å²) >= 11 is 6.16. The molecule has 0 aliphatic heterocycles. The maximum absolute atomic E-state index is 9.50. The van der Waals surface area contributed by atoms with Gasteiger partial charge in [-0.3, -0.25) is 0 Å². The van der Waals surface area contributed by atoms with E-state index in [4.69, 9.17) is 16.3 Å². The second kappa shape index (κ2) is 7.45. The number of aromatic nitrogens is 2. The van der Waals surface area contributed by atoms with Gasteiger partial charge in [-0.2, -0.15) is 0 Å². The fraction of sp³-hybridized carbons (Fsp3) is 0.412. The Bertz CT molecular complexity index is 645. The number of rotatable bonds is 6. The van der Waals surface area contributed by atoms with Crippen molar-refractivity contribution in [2.75, 3.05) is 0 Å². The fourth-order valence-electron chi connectivity index (χ4n) is 2.12. The molecule has 0 amide bonds. The van der Waals surface area contributed by atoms with Crippen molar-refractivity contribution in [3.05, 3.63) is 46.4 Å². The van der Waals surface area contributed by atoms with Crippen LogP contribution in [-0.2, 0) is 19.4 Å². The summed E-state index contributed by atoms with van der Waals surface area (Å²) in [5.74, 6) is 1.18. The van der Waals surface area contributed by atoms with E-state index in [1.165, 1.54) is 0 Å². The van der Waals surface area contributed by atoms with Gasteiger partial charge in [0.1, 0.15) is 18.1 Å². The SMILES string of the molecule is CCc1nc(OCc2cccc(O)c2)c(CC(C)C)nc1Cl. The summed E-state index contributed by atoms with van der Waals surface area (Å²) in [4.78, 5) is 8.94. The highest BCUT2D eigenvalue weighted by atomic mass is 35.5. The third-order valence-corrected chi connectivity index (χ3v) is 3.48. The first kappa shape index (κ1) is 16.6. The third kappa shape index (κ3) is 4.34. The summed E-state index contributed by atoms with van der Waals surface area (Å²) in [6.45, 7) is 6.54. The average molecular weight is 321 g/mol. The summed E-state index contributed by atoms with van der Waals surface area (Å²) in [5.41, 5.74) is 2.39. The standard InChI is InChI=1S/C17H21ClN2O2/c1-4-14-16(18)19-15(8-11(2)3)17(20-14)22-10-12-6-5-7-13(21)9-12/h5-7,9,11,21H,4,8,10H2,1-3H3. The van der Waals surface area contributed by atoms with Crippen molar-refractivity contribution in [2.24, 2.45) is 5.92 Å². The first-order chi connectivity index (χ1) is 10.5. The number of benzene rings is 1. The van der Waals surface area contributed by atoms with Crippen LogP contribution in [0.2, 0.25) is 5.15 Å². The lowest BCUT2D eigenvalue weighted by Crippen LogP contribution is -2.08. The zero-order chi connectivity index (χ0) is 16.1.